The van der Waals surface area contributed by atoms with Crippen molar-refractivity contribution in [2.45, 2.75) is 12.9 Å². The number of fused-ring (bicyclic) bond motifs is 1. The van der Waals surface area contributed by atoms with Gasteiger partial charge in [-0.2, -0.15) is 0 Å². The first kappa shape index (κ1) is 17.2. The molecule has 4 heteroatoms. The molecule has 136 valence electrons. The highest BCUT2D eigenvalue weighted by Gasteiger charge is 2.22. The smallest absolute Gasteiger partial charge is 0.224 e. The van der Waals surface area contributed by atoms with Crippen LogP contribution in [0.5, 0.6) is 17.2 Å². The monoisotopic (exact) mass is 360 g/mol. The van der Waals surface area contributed by atoms with Gasteiger partial charge in [0.25, 0.3) is 0 Å². The van der Waals surface area contributed by atoms with Gasteiger partial charge in [-0.15, -0.1) is 0 Å². The van der Waals surface area contributed by atoms with Crippen LogP contribution in [-0.2, 0) is 6.61 Å². The van der Waals surface area contributed by atoms with Gasteiger partial charge in [-0.05, 0) is 41.5 Å². The van der Waals surface area contributed by atoms with Gasteiger partial charge in [0.2, 0.25) is 6.29 Å². The van der Waals surface area contributed by atoms with E-state index in [9.17, 15) is 5.11 Å². The second-order valence-corrected chi connectivity index (χ2v) is 6.27. The lowest BCUT2D eigenvalue weighted by Crippen LogP contribution is -2.21. The quantitative estimate of drug-likeness (QED) is 0.726. The summed E-state index contributed by atoms with van der Waals surface area (Å²) < 4.78 is 16.7. The minimum atomic E-state index is -1.03. The number of methoxy groups -OCH3 is 1. The zero-order valence-corrected chi connectivity index (χ0v) is 15.0. The summed E-state index contributed by atoms with van der Waals surface area (Å²) in [5.41, 5.74) is 3.59. The predicted molar refractivity (Wildman–Crippen MR) is 105 cm³/mol. The van der Waals surface area contributed by atoms with Crippen LogP contribution in [0.2, 0.25) is 0 Å². The summed E-state index contributed by atoms with van der Waals surface area (Å²) >= 11 is 0. The van der Waals surface area contributed by atoms with Gasteiger partial charge in [0.1, 0.15) is 23.9 Å². The third kappa shape index (κ3) is 3.81. The maximum Gasteiger partial charge on any atom is 0.224 e. The molecule has 1 aliphatic rings. The average molecular weight is 360 g/mol. The molecular weight excluding hydrogens is 340 g/mol. The molecule has 3 aromatic carbocycles. The lowest BCUT2D eigenvalue weighted by Gasteiger charge is -2.24. The van der Waals surface area contributed by atoms with Crippen molar-refractivity contribution < 1.29 is 19.3 Å². The van der Waals surface area contributed by atoms with Crippen LogP contribution in [0.3, 0.4) is 0 Å². The fraction of sp³-hybridized carbons (Fsp3) is 0.130. The van der Waals surface area contributed by atoms with E-state index in [-0.39, 0.29) is 0 Å². The summed E-state index contributed by atoms with van der Waals surface area (Å²) in [6.45, 7) is 0.481. The van der Waals surface area contributed by atoms with Crippen molar-refractivity contribution in [2.24, 2.45) is 0 Å². The summed E-state index contributed by atoms with van der Waals surface area (Å²) in [6.07, 6.45) is 0.905. The van der Waals surface area contributed by atoms with Gasteiger partial charge in [0.15, 0.2) is 0 Å². The van der Waals surface area contributed by atoms with Crippen LogP contribution < -0.4 is 14.2 Å². The lowest BCUT2D eigenvalue weighted by molar-refractivity contribution is 0.0317. The average Bonchev–Trinajstić information content (AvgIpc) is 2.72. The molecule has 0 bridgehead atoms. The molecule has 0 saturated carbocycles. The molecule has 0 spiro atoms. The Morgan fingerprint density at radius 1 is 0.926 bits per heavy atom. The van der Waals surface area contributed by atoms with Gasteiger partial charge in [0.05, 0.1) is 7.11 Å². The van der Waals surface area contributed by atoms with E-state index in [1.54, 1.807) is 7.11 Å². The number of aliphatic hydroxyl groups excluding tert-OH is 1. The van der Waals surface area contributed by atoms with Gasteiger partial charge < -0.3 is 19.3 Å². The summed E-state index contributed by atoms with van der Waals surface area (Å²) in [4.78, 5) is 0. The Morgan fingerprint density at radius 3 is 2.41 bits per heavy atom. The van der Waals surface area contributed by atoms with Crippen molar-refractivity contribution in [1.29, 1.82) is 0 Å². The molecule has 0 aromatic heterocycles. The molecule has 1 heterocycles. The fourth-order valence-electron chi connectivity index (χ4n) is 3.00. The van der Waals surface area contributed by atoms with Crippen LogP contribution in [0.15, 0.2) is 72.8 Å². The van der Waals surface area contributed by atoms with Crippen molar-refractivity contribution in [3.63, 3.8) is 0 Å². The summed E-state index contributed by atoms with van der Waals surface area (Å²) in [6, 6.07) is 23.2. The summed E-state index contributed by atoms with van der Waals surface area (Å²) in [5, 5.41) is 10.4. The van der Waals surface area contributed by atoms with Gasteiger partial charge in [0, 0.05) is 17.2 Å². The van der Waals surface area contributed by atoms with Crippen LogP contribution in [0.1, 0.15) is 16.7 Å². The van der Waals surface area contributed by atoms with Crippen LogP contribution >= 0.6 is 0 Å². The van der Waals surface area contributed by atoms with Crippen LogP contribution in [0.4, 0.5) is 0 Å². The van der Waals surface area contributed by atoms with E-state index >= 15 is 0 Å². The predicted octanol–water partition coefficient (Wildman–Crippen LogP) is 4.53. The molecule has 0 aliphatic carbocycles. The molecule has 4 nitrogen and oxygen atoms in total. The van der Waals surface area contributed by atoms with Gasteiger partial charge in [-0.3, -0.25) is 0 Å². The van der Waals surface area contributed by atoms with Crippen LogP contribution in [-0.4, -0.2) is 18.5 Å². The Balaban J connectivity index is 1.54. The summed E-state index contributed by atoms with van der Waals surface area (Å²) in [5.74, 6) is 2.07. The number of hydrogen-bond acceptors (Lipinski definition) is 4. The molecule has 0 fully saturated rings. The van der Waals surface area contributed by atoms with Gasteiger partial charge in [-0.25, -0.2) is 0 Å². The molecule has 1 aliphatic heterocycles. The van der Waals surface area contributed by atoms with E-state index in [2.05, 4.69) is 0 Å². The SMILES string of the molecule is COc1ccc(C2=Cc3ccc(OCc4ccccc4)cc3OC2O)cc1. The van der Waals surface area contributed by atoms with E-state index in [0.29, 0.717) is 23.7 Å². The number of rotatable bonds is 5. The first-order valence-corrected chi connectivity index (χ1v) is 8.74. The maximum atomic E-state index is 10.4. The second kappa shape index (κ2) is 7.56. The van der Waals surface area contributed by atoms with Gasteiger partial charge in [-0.1, -0.05) is 42.5 Å². The van der Waals surface area contributed by atoms with Crippen molar-refractivity contribution in [3.05, 3.63) is 89.5 Å². The molecular formula is C23H20O4. The zero-order valence-electron chi connectivity index (χ0n) is 15.0. The molecule has 1 atom stereocenters. The second-order valence-electron chi connectivity index (χ2n) is 6.27. The Morgan fingerprint density at radius 2 is 1.67 bits per heavy atom. The molecule has 1 N–H and O–H groups in total. The van der Waals surface area contributed by atoms with E-state index in [4.69, 9.17) is 14.2 Å². The first-order chi connectivity index (χ1) is 13.2. The molecule has 3 aromatic rings. The van der Waals surface area contributed by atoms with E-state index in [1.807, 2.05) is 78.9 Å². The van der Waals surface area contributed by atoms with E-state index in [1.165, 1.54) is 0 Å². The van der Waals surface area contributed by atoms with Crippen molar-refractivity contribution in [1.82, 2.24) is 0 Å². The number of hydrogen-bond donors (Lipinski definition) is 1. The largest absolute Gasteiger partial charge is 0.497 e. The van der Waals surface area contributed by atoms with Crippen LogP contribution in [0.25, 0.3) is 11.6 Å². The highest BCUT2D eigenvalue weighted by atomic mass is 16.6. The van der Waals surface area contributed by atoms with E-state index in [0.717, 1.165) is 22.4 Å². The normalized spacial score (nSPS) is 15.3. The molecule has 0 radical (unpaired) electrons. The summed E-state index contributed by atoms with van der Waals surface area (Å²) in [7, 11) is 1.63. The molecule has 1 unspecified atom stereocenters. The van der Waals surface area contributed by atoms with Gasteiger partial charge >= 0.3 is 0 Å². The minimum Gasteiger partial charge on any atom is -0.497 e. The Kier molecular flexibility index (Phi) is 4.81. The highest BCUT2D eigenvalue weighted by Crippen LogP contribution is 2.36. The Labute approximate surface area is 158 Å². The fourth-order valence-corrected chi connectivity index (χ4v) is 3.00. The van der Waals surface area contributed by atoms with E-state index < -0.39 is 6.29 Å². The maximum absolute atomic E-state index is 10.4. The van der Waals surface area contributed by atoms with Crippen molar-refractivity contribution in [3.8, 4) is 17.2 Å². The molecule has 27 heavy (non-hydrogen) atoms. The third-order valence-corrected chi connectivity index (χ3v) is 4.47. The number of aliphatic hydroxyl groups is 1. The number of benzene rings is 3. The highest BCUT2D eigenvalue weighted by molar-refractivity contribution is 5.86. The Hall–Kier alpha value is -3.24. The lowest BCUT2D eigenvalue weighted by atomic mass is 9.99. The van der Waals surface area contributed by atoms with Crippen LogP contribution in [0, 0.1) is 0 Å². The zero-order chi connectivity index (χ0) is 18.6. The van der Waals surface area contributed by atoms with Crippen molar-refractivity contribution in [2.75, 3.05) is 7.11 Å². The molecule has 0 saturated heterocycles. The number of ether oxygens (including phenoxy) is 3. The standard InChI is InChI=1S/C23H20O4/c1-25-19-10-7-17(8-11-19)21-13-18-9-12-20(14-22(18)27-23(21)24)26-15-16-5-3-2-4-6-16/h2-14,23-24H,15H2,1H3. The minimum absolute atomic E-state index is 0.481. The molecule has 4 rings (SSSR count). The topological polar surface area (TPSA) is 47.9 Å². The molecule has 0 amide bonds. The first-order valence-electron chi connectivity index (χ1n) is 8.74. The third-order valence-electron chi connectivity index (χ3n) is 4.47. The van der Waals surface area contributed by atoms with Crippen molar-refractivity contribution >= 4 is 11.6 Å². The Bertz CT molecular complexity index is 946.